The first kappa shape index (κ1) is 10.5. The predicted molar refractivity (Wildman–Crippen MR) is 71.9 cm³/mol. The van der Waals surface area contributed by atoms with Gasteiger partial charge in [0.05, 0.1) is 0 Å². The molecule has 0 saturated heterocycles. The van der Waals surface area contributed by atoms with Crippen LogP contribution in [-0.2, 0) is 19.3 Å². The van der Waals surface area contributed by atoms with Gasteiger partial charge in [0.2, 0.25) is 0 Å². The molecule has 1 aliphatic carbocycles. The molecule has 1 unspecified atom stereocenters. The van der Waals surface area contributed by atoms with Crippen molar-refractivity contribution < 1.29 is 0 Å². The summed E-state index contributed by atoms with van der Waals surface area (Å²) < 4.78 is 0. The topological polar surface area (TPSA) is 0 Å². The van der Waals surface area contributed by atoms with Crippen LogP contribution in [0.1, 0.15) is 47.8 Å². The van der Waals surface area contributed by atoms with Gasteiger partial charge in [0.25, 0.3) is 0 Å². The van der Waals surface area contributed by atoms with Crippen LogP contribution in [0.25, 0.3) is 0 Å². The molecule has 2 aliphatic rings. The summed E-state index contributed by atoms with van der Waals surface area (Å²) in [6.45, 7) is 4.52. The fourth-order valence-corrected chi connectivity index (χ4v) is 3.89. The van der Waals surface area contributed by atoms with Crippen LogP contribution in [-0.4, -0.2) is 0 Å². The van der Waals surface area contributed by atoms with E-state index < -0.39 is 0 Å². The van der Waals surface area contributed by atoms with Crippen LogP contribution in [0, 0.1) is 0 Å². The van der Waals surface area contributed by atoms with Gasteiger partial charge in [-0.15, -0.1) is 11.8 Å². The highest BCUT2D eigenvalue weighted by Gasteiger charge is 2.23. The summed E-state index contributed by atoms with van der Waals surface area (Å²) in [5.74, 6) is 0. The maximum atomic E-state index is 2.49. The van der Waals surface area contributed by atoms with E-state index in [1.165, 1.54) is 30.6 Å². The fraction of sp³-hybridized carbons (Fsp3) is 0.467. The van der Waals surface area contributed by atoms with Gasteiger partial charge < -0.3 is 0 Å². The molecular formula is C15H18S. The maximum absolute atomic E-state index is 2.49. The molecule has 1 aliphatic heterocycles. The van der Waals surface area contributed by atoms with Crippen molar-refractivity contribution in [1.29, 1.82) is 0 Å². The number of benzene rings is 1. The first-order valence-electron chi connectivity index (χ1n) is 6.26. The van der Waals surface area contributed by atoms with E-state index in [2.05, 4.69) is 32.1 Å². The standard InChI is InChI=1S/C15H18S/c1-3-11-8-12-5-6-13(12)9-14(11)15-7-4-10(2)16-15/h4,8-9,15H,3,5-7H2,1-2H3. The molecule has 0 aromatic heterocycles. The molecule has 1 aromatic carbocycles. The van der Waals surface area contributed by atoms with Gasteiger partial charge in [-0.1, -0.05) is 25.1 Å². The van der Waals surface area contributed by atoms with Crippen LogP contribution in [0.2, 0.25) is 0 Å². The first-order chi connectivity index (χ1) is 7.78. The van der Waals surface area contributed by atoms with Crippen LogP contribution >= 0.6 is 11.8 Å². The van der Waals surface area contributed by atoms with E-state index in [0.717, 1.165) is 0 Å². The summed E-state index contributed by atoms with van der Waals surface area (Å²) in [5, 5.41) is 0.695. The molecule has 1 heteroatoms. The van der Waals surface area contributed by atoms with Crippen LogP contribution in [0.15, 0.2) is 23.1 Å². The molecule has 1 heterocycles. The normalized spacial score (nSPS) is 22.6. The van der Waals surface area contributed by atoms with Crippen molar-refractivity contribution in [3.63, 3.8) is 0 Å². The summed E-state index contributed by atoms with van der Waals surface area (Å²) in [5.41, 5.74) is 6.41. The predicted octanol–water partition coefficient (Wildman–Crippen LogP) is 4.43. The fourth-order valence-electron chi connectivity index (χ4n) is 2.71. The Morgan fingerprint density at radius 2 is 2.00 bits per heavy atom. The number of thioether (sulfide) groups is 1. The molecule has 0 amide bonds. The first-order valence-corrected chi connectivity index (χ1v) is 7.14. The SMILES string of the molecule is CCc1cc2c(cc1C1CC=C(C)S1)CC2. The highest BCUT2D eigenvalue weighted by atomic mass is 32.2. The molecule has 0 radical (unpaired) electrons. The molecule has 3 rings (SSSR count). The molecule has 0 fully saturated rings. The summed E-state index contributed by atoms with van der Waals surface area (Å²) in [7, 11) is 0. The van der Waals surface area contributed by atoms with Crippen molar-refractivity contribution in [2.45, 2.75) is 44.8 Å². The van der Waals surface area contributed by atoms with Crippen molar-refractivity contribution >= 4 is 11.8 Å². The van der Waals surface area contributed by atoms with Gasteiger partial charge in [0.15, 0.2) is 0 Å². The molecule has 0 N–H and O–H groups in total. The van der Waals surface area contributed by atoms with E-state index >= 15 is 0 Å². The van der Waals surface area contributed by atoms with Crippen LogP contribution < -0.4 is 0 Å². The lowest BCUT2D eigenvalue weighted by atomic mass is 9.83. The average Bonchev–Trinajstić information content (AvgIpc) is 2.67. The summed E-state index contributed by atoms with van der Waals surface area (Å²) in [6, 6.07) is 4.95. The average molecular weight is 230 g/mol. The zero-order valence-corrected chi connectivity index (χ0v) is 10.9. The number of fused-ring (bicyclic) bond motifs is 1. The minimum absolute atomic E-state index is 0.695. The summed E-state index contributed by atoms with van der Waals surface area (Å²) in [4.78, 5) is 1.50. The van der Waals surface area contributed by atoms with Gasteiger partial charge in [-0.05, 0) is 59.8 Å². The molecule has 1 aromatic rings. The maximum Gasteiger partial charge on any atom is 0.0378 e. The highest BCUT2D eigenvalue weighted by Crippen LogP contribution is 2.45. The third kappa shape index (κ3) is 1.62. The molecule has 0 nitrogen and oxygen atoms in total. The largest absolute Gasteiger partial charge is 0.123 e. The van der Waals surface area contributed by atoms with Crippen LogP contribution in [0.5, 0.6) is 0 Å². The van der Waals surface area contributed by atoms with Crippen molar-refractivity contribution in [2.75, 3.05) is 0 Å². The zero-order chi connectivity index (χ0) is 11.1. The Hall–Kier alpha value is -0.690. The molecule has 0 spiro atoms. The Balaban J connectivity index is 1.97. The van der Waals surface area contributed by atoms with Crippen molar-refractivity contribution in [3.05, 3.63) is 45.4 Å². The van der Waals surface area contributed by atoms with Crippen molar-refractivity contribution in [3.8, 4) is 0 Å². The summed E-state index contributed by atoms with van der Waals surface area (Å²) >= 11 is 2.05. The van der Waals surface area contributed by atoms with Crippen molar-refractivity contribution in [1.82, 2.24) is 0 Å². The lowest BCUT2D eigenvalue weighted by Gasteiger charge is -2.24. The second-order valence-corrected chi connectivity index (χ2v) is 6.28. The third-order valence-electron chi connectivity index (χ3n) is 3.80. The van der Waals surface area contributed by atoms with E-state index in [1.807, 2.05) is 11.8 Å². The lowest BCUT2D eigenvalue weighted by molar-refractivity contribution is 0.818. The Kier molecular flexibility index (Phi) is 2.59. The number of hydrogen-bond donors (Lipinski definition) is 0. The smallest absolute Gasteiger partial charge is 0.0378 e. The highest BCUT2D eigenvalue weighted by molar-refractivity contribution is 8.03. The van der Waals surface area contributed by atoms with Gasteiger partial charge in [-0.25, -0.2) is 0 Å². The second-order valence-electron chi connectivity index (χ2n) is 4.83. The van der Waals surface area contributed by atoms with Crippen LogP contribution in [0.4, 0.5) is 0 Å². The molecule has 1 atom stereocenters. The molecule has 84 valence electrons. The van der Waals surface area contributed by atoms with Gasteiger partial charge in [-0.3, -0.25) is 0 Å². The number of aryl methyl sites for hydroxylation is 3. The van der Waals surface area contributed by atoms with Crippen molar-refractivity contribution in [2.24, 2.45) is 0 Å². The quantitative estimate of drug-likeness (QED) is 0.724. The zero-order valence-electron chi connectivity index (χ0n) is 10.0. The molecular weight excluding hydrogens is 212 g/mol. The summed E-state index contributed by atoms with van der Waals surface area (Å²) in [6.07, 6.45) is 7.39. The number of hydrogen-bond acceptors (Lipinski definition) is 1. The van der Waals surface area contributed by atoms with Gasteiger partial charge >= 0.3 is 0 Å². The Morgan fingerprint density at radius 1 is 1.25 bits per heavy atom. The lowest BCUT2D eigenvalue weighted by Crippen LogP contribution is -2.11. The monoisotopic (exact) mass is 230 g/mol. The van der Waals surface area contributed by atoms with E-state index in [4.69, 9.17) is 0 Å². The van der Waals surface area contributed by atoms with Gasteiger partial charge in [-0.2, -0.15) is 0 Å². The Labute approximate surface area is 102 Å². The van der Waals surface area contributed by atoms with Crippen LogP contribution in [0.3, 0.4) is 0 Å². The Bertz CT molecular complexity index is 457. The molecule has 0 saturated carbocycles. The minimum atomic E-state index is 0.695. The number of rotatable bonds is 2. The second kappa shape index (κ2) is 3.96. The molecule has 16 heavy (non-hydrogen) atoms. The molecule has 0 bridgehead atoms. The Morgan fingerprint density at radius 3 is 2.56 bits per heavy atom. The minimum Gasteiger partial charge on any atom is -0.123 e. The van der Waals surface area contributed by atoms with E-state index in [1.54, 1.807) is 22.3 Å². The van der Waals surface area contributed by atoms with E-state index in [-0.39, 0.29) is 0 Å². The van der Waals surface area contributed by atoms with Gasteiger partial charge in [0, 0.05) is 5.25 Å². The number of allylic oxidation sites excluding steroid dienone is 2. The van der Waals surface area contributed by atoms with E-state index in [9.17, 15) is 0 Å². The third-order valence-corrected chi connectivity index (χ3v) is 5.07. The van der Waals surface area contributed by atoms with Gasteiger partial charge in [0.1, 0.15) is 0 Å². The van der Waals surface area contributed by atoms with E-state index in [0.29, 0.717) is 5.25 Å².